The number of likely N-dealkylation sites (tertiary alicyclic amines) is 1. The Morgan fingerprint density at radius 3 is 2.64 bits per heavy atom. The molecule has 5 heteroatoms. The van der Waals surface area contributed by atoms with Gasteiger partial charge in [0.25, 0.3) is 0 Å². The molecule has 0 aromatic heterocycles. The molecule has 1 N–H and O–H groups in total. The van der Waals surface area contributed by atoms with Crippen LogP contribution in [0.4, 0.5) is 0 Å². The van der Waals surface area contributed by atoms with Gasteiger partial charge < -0.3 is 15.0 Å². The lowest BCUT2D eigenvalue weighted by atomic mass is 9.88. The van der Waals surface area contributed by atoms with E-state index in [0.717, 1.165) is 43.4 Å². The molecule has 2 atom stereocenters. The van der Waals surface area contributed by atoms with Crippen LogP contribution in [-0.4, -0.2) is 43.5 Å². The van der Waals surface area contributed by atoms with Crippen molar-refractivity contribution >= 4 is 11.8 Å². The summed E-state index contributed by atoms with van der Waals surface area (Å²) in [7, 11) is 1.65. The van der Waals surface area contributed by atoms with Crippen molar-refractivity contribution in [2.24, 2.45) is 17.8 Å². The summed E-state index contributed by atoms with van der Waals surface area (Å²) >= 11 is 0. The zero-order valence-corrected chi connectivity index (χ0v) is 17.4. The van der Waals surface area contributed by atoms with Crippen LogP contribution in [0.25, 0.3) is 0 Å². The van der Waals surface area contributed by atoms with Crippen molar-refractivity contribution in [2.75, 3.05) is 26.7 Å². The van der Waals surface area contributed by atoms with Gasteiger partial charge in [-0.2, -0.15) is 0 Å². The van der Waals surface area contributed by atoms with Gasteiger partial charge in [0.15, 0.2) is 0 Å². The molecule has 1 saturated carbocycles. The Morgan fingerprint density at radius 2 is 1.96 bits per heavy atom. The molecule has 0 spiro atoms. The van der Waals surface area contributed by atoms with Gasteiger partial charge in [0.05, 0.1) is 13.0 Å². The average molecular weight is 387 g/mol. The molecule has 0 bridgehead atoms. The summed E-state index contributed by atoms with van der Waals surface area (Å²) in [5.74, 6) is 1.60. The Balaban J connectivity index is 1.76. The van der Waals surface area contributed by atoms with Gasteiger partial charge in [-0.3, -0.25) is 9.59 Å². The van der Waals surface area contributed by atoms with E-state index < -0.39 is 0 Å². The molecule has 2 aliphatic rings. The van der Waals surface area contributed by atoms with E-state index in [1.165, 1.54) is 0 Å². The van der Waals surface area contributed by atoms with Crippen molar-refractivity contribution in [1.82, 2.24) is 10.2 Å². The Morgan fingerprint density at radius 1 is 1.21 bits per heavy atom. The second kappa shape index (κ2) is 9.44. The molecule has 1 aliphatic heterocycles. The topological polar surface area (TPSA) is 58.6 Å². The number of methoxy groups -OCH3 is 1. The molecule has 154 valence electrons. The van der Waals surface area contributed by atoms with E-state index in [-0.39, 0.29) is 29.6 Å². The smallest absolute Gasteiger partial charge is 0.225 e. The maximum absolute atomic E-state index is 13.0. The highest BCUT2D eigenvalue weighted by Crippen LogP contribution is 2.37. The van der Waals surface area contributed by atoms with Crippen LogP contribution in [0.2, 0.25) is 0 Å². The van der Waals surface area contributed by atoms with Crippen molar-refractivity contribution in [3.8, 4) is 5.75 Å². The highest BCUT2D eigenvalue weighted by molar-refractivity contribution is 5.84. The van der Waals surface area contributed by atoms with E-state index >= 15 is 0 Å². The predicted molar refractivity (Wildman–Crippen MR) is 110 cm³/mol. The first-order valence-electron chi connectivity index (χ1n) is 10.7. The van der Waals surface area contributed by atoms with Crippen molar-refractivity contribution in [3.05, 3.63) is 29.8 Å². The number of nitrogens with one attached hydrogen (secondary N) is 1. The third-order valence-electron chi connectivity index (χ3n) is 6.22. The SMILES string of the molecule is COc1cccc([C@H]2CN(C(=O)C3CCCC3)C[C@H]2C(=O)NCCC(C)C)c1. The molecule has 2 fully saturated rings. The molecule has 0 radical (unpaired) electrons. The molecule has 1 aromatic rings. The van der Waals surface area contributed by atoms with Gasteiger partial charge >= 0.3 is 0 Å². The van der Waals surface area contributed by atoms with Crippen LogP contribution in [0.1, 0.15) is 57.4 Å². The van der Waals surface area contributed by atoms with Crippen molar-refractivity contribution in [3.63, 3.8) is 0 Å². The highest BCUT2D eigenvalue weighted by atomic mass is 16.5. The van der Waals surface area contributed by atoms with E-state index in [4.69, 9.17) is 4.74 Å². The van der Waals surface area contributed by atoms with Crippen LogP contribution < -0.4 is 10.1 Å². The largest absolute Gasteiger partial charge is 0.497 e. The molecule has 5 nitrogen and oxygen atoms in total. The molecule has 2 amide bonds. The fourth-order valence-electron chi connectivity index (χ4n) is 4.51. The first kappa shape index (κ1) is 20.7. The summed E-state index contributed by atoms with van der Waals surface area (Å²) in [4.78, 5) is 27.9. The van der Waals surface area contributed by atoms with Crippen molar-refractivity contribution in [2.45, 2.75) is 51.9 Å². The molecule has 1 saturated heterocycles. The lowest BCUT2D eigenvalue weighted by Gasteiger charge is -2.20. The number of hydrogen-bond donors (Lipinski definition) is 1. The first-order valence-corrected chi connectivity index (χ1v) is 10.7. The summed E-state index contributed by atoms with van der Waals surface area (Å²) < 4.78 is 5.38. The molecule has 1 aromatic carbocycles. The third-order valence-corrected chi connectivity index (χ3v) is 6.22. The number of carbonyl (C=O) groups is 2. The zero-order valence-electron chi connectivity index (χ0n) is 17.4. The number of nitrogens with zero attached hydrogens (tertiary/aromatic N) is 1. The second-order valence-electron chi connectivity index (χ2n) is 8.69. The zero-order chi connectivity index (χ0) is 20.1. The minimum Gasteiger partial charge on any atom is -0.497 e. The van der Waals surface area contributed by atoms with E-state index in [2.05, 4.69) is 19.2 Å². The highest BCUT2D eigenvalue weighted by Gasteiger charge is 2.42. The minimum absolute atomic E-state index is 0.0134. The fraction of sp³-hybridized carbons (Fsp3) is 0.652. The van der Waals surface area contributed by atoms with Gasteiger partial charge in [0.1, 0.15) is 5.75 Å². The lowest BCUT2D eigenvalue weighted by molar-refractivity contribution is -0.134. The number of benzene rings is 1. The quantitative estimate of drug-likeness (QED) is 0.779. The maximum atomic E-state index is 13.0. The summed E-state index contributed by atoms with van der Waals surface area (Å²) in [6.07, 6.45) is 5.23. The van der Waals surface area contributed by atoms with Crippen LogP contribution in [0, 0.1) is 17.8 Å². The van der Waals surface area contributed by atoms with Crippen LogP contribution in [0.5, 0.6) is 5.75 Å². The van der Waals surface area contributed by atoms with E-state index in [1.54, 1.807) is 7.11 Å². The molecule has 3 rings (SSSR count). The second-order valence-corrected chi connectivity index (χ2v) is 8.69. The third kappa shape index (κ3) is 4.86. The van der Waals surface area contributed by atoms with E-state index in [9.17, 15) is 9.59 Å². The first-order chi connectivity index (χ1) is 13.5. The Bertz CT molecular complexity index is 682. The molecule has 1 heterocycles. The van der Waals surface area contributed by atoms with Crippen molar-refractivity contribution in [1.29, 1.82) is 0 Å². The Hall–Kier alpha value is -2.04. The summed E-state index contributed by atoms with van der Waals surface area (Å²) in [5.41, 5.74) is 1.07. The number of rotatable bonds is 7. The molecule has 1 aliphatic carbocycles. The standard InChI is InChI=1S/C23H34N2O3/c1-16(2)11-12-24-22(26)21-15-25(23(27)17-7-4-5-8-17)14-20(21)18-9-6-10-19(13-18)28-3/h6,9-10,13,16-17,20-21H,4-5,7-8,11-12,14-15H2,1-3H3,(H,24,26)/t20-,21-/m1/s1. The van der Waals surface area contributed by atoms with Gasteiger partial charge in [-0.05, 0) is 42.9 Å². The van der Waals surface area contributed by atoms with Crippen LogP contribution in [0.15, 0.2) is 24.3 Å². The van der Waals surface area contributed by atoms with Crippen LogP contribution in [0.3, 0.4) is 0 Å². The normalized spacial score (nSPS) is 22.6. The van der Waals surface area contributed by atoms with Gasteiger partial charge in [-0.25, -0.2) is 0 Å². The summed E-state index contributed by atoms with van der Waals surface area (Å²) in [6.45, 7) is 6.13. The van der Waals surface area contributed by atoms with Gasteiger partial charge in [0.2, 0.25) is 11.8 Å². The number of ether oxygens (including phenoxy) is 1. The maximum Gasteiger partial charge on any atom is 0.225 e. The van der Waals surface area contributed by atoms with Crippen LogP contribution >= 0.6 is 0 Å². The average Bonchev–Trinajstić information content (AvgIpc) is 3.37. The number of hydrogen-bond acceptors (Lipinski definition) is 3. The van der Waals surface area contributed by atoms with Gasteiger partial charge in [-0.1, -0.05) is 38.8 Å². The minimum atomic E-state index is -0.204. The predicted octanol–water partition coefficient (Wildman–Crippen LogP) is 3.59. The monoisotopic (exact) mass is 386 g/mol. The molecular weight excluding hydrogens is 352 g/mol. The summed E-state index contributed by atoms with van der Waals surface area (Å²) in [6, 6.07) is 7.93. The van der Waals surface area contributed by atoms with Crippen molar-refractivity contribution < 1.29 is 14.3 Å². The van der Waals surface area contributed by atoms with E-state index in [1.807, 2.05) is 29.2 Å². The molecule has 28 heavy (non-hydrogen) atoms. The lowest BCUT2D eigenvalue weighted by Crippen LogP contribution is -2.37. The Labute approximate surface area is 168 Å². The molecule has 0 unspecified atom stereocenters. The van der Waals surface area contributed by atoms with Crippen LogP contribution in [-0.2, 0) is 9.59 Å². The fourth-order valence-corrected chi connectivity index (χ4v) is 4.51. The number of amides is 2. The summed E-state index contributed by atoms with van der Waals surface area (Å²) in [5, 5.41) is 3.11. The van der Waals surface area contributed by atoms with Gasteiger partial charge in [-0.15, -0.1) is 0 Å². The molecular formula is C23H34N2O3. The Kier molecular flexibility index (Phi) is 6.97. The van der Waals surface area contributed by atoms with E-state index in [0.29, 0.717) is 25.6 Å². The number of carbonyl (C=O) groups excluding carboxylic acids is 2. The van der Waals surface area contributed by atoms with Gasteiger partial charge in [0, 0.05) is 31.5 Å².